The molecular weight excluding hydrogens is 327 g/mol. The van der Waals surface area contributed by atoms with E-state index in [1.807, 2.05) is 0 Å². The van der Waals surface area contributed by atoms with Crippen molar-refractivity contribution in [2.24, 2.45) is 5.41 Å². The van der Waals surface area contributed by atoms with Gasteiger partial charge in [-0.15, -0.1) is 0 Å². The number of likely N-dealkylation sites (tertiary alicyclic amines) is 1. The second-order valence-electron chi connectivity index (χ2n) is 6.27. The normalized spacial score (nSPS) is 25.4. The van der Waals surface area contributed by atoms with Crippen LogP contribution >= 0.6 is 0 Å². The van der Waals surface area contributed by atoms with Crippen LogP contribution in [0.3, 0.4) is 0 Å². The van der Waals surface area contributed by atoms with Crippen molar-refractivity contribution in [3.05, 3.63) is 30.3 Å². The lowest BCUT2D eigenvalue weighted by atomic mass is 9.86. The number of hydrogen-bond donors (Lipinski definition) is 1. The van der Waals surface area contributed by atoms with Gasteiger partial charge in [0.05, 0.1) is 0 Å². The van der Waals surface area contributed by atoms with Gasteiger partial charge >= 0.3 is 12.1 Å². The van der Waals surface area contributed by atoms with Crippen LogP contribution in [0.25, 0.3) is 0 Å². The number of carbonyl (C=O) groups is 2. The molecule has 1 aromatic rings. The summed E-state index contributed by atoms with van der Waals surface area (Å²) in [6, 6.07) is 8.55. The number of benzene rings is 1. The van der Waals surface area contributed by atoms with Crippen LogP contribution in [0.5, 0.6) is 5.75 Å². The van der Waals surface area contributed by atoms with Crippen molar-refractivity contribution < 1.29 is 32.6 Å². The molecule has 2 fully saturated rings. The zero-order valence-electron chi connectivity index (χ0n) is 12.7. The molecule has 0 spiro atoms. The molecule has 24 heavy (non-hydrogen) atoms. The predicted octanol–water partition coefficient (Wildman–Crippen LogP) is 2.46. The van der Waals surface area contributed by atoms with Gasteiger partial charge in [-0.1, -0.05) is 18.2 Å². The number of hydrogen-bond acceptors (Lipinski definition) is 3. The summed E-state index contributed by atoms with van der Waals surface area (Å²) in [5, 5.41) is 9.06. The molecule has 1 saturated carbocycles. The lowest BCUT2D eigenvalue weighted by molar-refractivity contribution is -0.227. The van der Waals surface area contributed by atoms with E-state index in [0.717, 1.165) is 4.90 Å². The number of aliphatic carboxylic acids is 1. The van der Waals surface area contributed by atoms with Gasteiger partial charge in [-0.3, -0.25) is 9.59 Å². The lowest BCUT2D eigenvalue weighted by Gasteiger charge is -2.28. The number of nitrogens with zero attached hydrogens (tertiary/aromatic N) is 1. The Morgan fingerprint density at radius 3 is 2.21 bits per heavy atom. The molecule has 2 aliphatic rings. The van der Waals surface area contributed by atoms with Crippen molar-refractivity contribution in [3.8, 4) is 5.75 Å². The molecule has 1 amide bonds. The zero-order valence-corrected chi connectivity index (χ0v) is 12.7. The molecule has 0 bridgehead atoms. The molecule has 1 unspecified atom stereocenters. The summed E-state index contributed by atoms with van der Waals surface area (Å²) in [6.45, 7) is -1.12. The summed E-state index contributed by atoms with van der Waals surface area (Å²) >= 11 is 0. The van der Waals surface area contributed by atoms with Crippen molar-refractivity contribution in [1.82, 2.24) is 4.90 Å². The molecule has 1 aliphatic heterocycles. The number of carboxylic acids is 1. The topological polar surface area (TPSA) is 66.8 Å². The van der Waals surface area contributed by atoms with Crippen LogP contribution < -0.4 is 4.74 Å². The first kappa shape index (κ1) is 16.6. The maximum atomic E-state index is 13.2. The Bertz CT molecular complexity index is 657. The first-order valence-corrected chi connectivity index (χ1v) is 7.54. The Morgan fingerprint density at radius 1 is 1.12 bits per heavy atom. The van der Waals surface area contributed by atoms with Gasteiger partial charge in [0.2, 0.25) is 0 Å². The van der Waals surface area contributed by atoms with Crippen molar-refractivity contribution in [2.45, 2.75) is 31.0 Å². The highest BCUT2D eigenvalue weighted by molar-refractivity contribution is 5.90. The Morgan fingerprint density at radius 2 is 1.75 bits per heavy atom. The molecule has 1 heterocycles. The van der Waals surface area contributed by atoms with Crippen molar-refractivity contribution >= 4 is 11.9 Å². The molecule has 0 radical (unpaired) electrons. The predicted molar refractivity (Wildman–Crippen MR) is 76.4 cm³/mol. The van der Waals surface area contributed by atoms with E-state index in [1.54, 1.807) is 30.3 Å². The molecule has 130 valence electrons. The highest BCUT2D eigenvalue weighted by Gasteiger charge is 2.66. The average molecular weight is 343 g/mol. The standard InChI is InChI=1S/C16H16F3NO4/c17-16(18,19)14(13(22)23)8-9-20(10-14)12(21)15(6-7-15)24-11-4-2-1-3-5-11/h1-5H,6-10H2,(H,22,23). The van der Waals surface area contributed by atoms with Gasteiger partial charge in [-0.05, 0) is 18.6 Å². The van der Waals surface area contributed by atoms with Gasteiger partial charge in [0.1, 0.15) is 5.75 Å². The monoisotopic (exact) mass is 343 g/mol. The number of halogens is 3. The summed E-state index contributed by atoms with van der Waals surface area (Å²) < 4.78 is 45.3. The molecular formula is C16H16F3NO4. The van der Waals surface area contributed by atoms with E-state index >= 15 is 0 Å². The number of carboxylic acid groups (broad SMARTS) is 1. The minimum atomic E-state index is -4.91. The van der Waals surface area contributed by atoms with Gasteiger partial charge < -0.3 is 14.7 Å². The quantitative estimate of drug-likeness (QED) is 0.912. The largest absolute Gasteiger partial charge is 0.481 e. The van der Waals surface area contributed by atoms with Gasteiger partial charge in [-0.25, -0.2) is 0 Å². The minimum Gasteiger partial charge on any atom is -0.481 e. The van der Waals surface area contributed by atoms with E-state index in [1.165, 1.54) is 0 Å². The first-order valence-electron chi connectivity index (χ1n) is 7.54. The third kappa shape index (κ3) is 2.59. The Balaban J connectivity index is 1.76. The summed E-state index contributed by atoms with van der Waals surface area (Å²) in [6.07, 6.45) is -4.74. The van der Waals surface area contributed by atoms with Gasteiger partial charge in [-0.2, -0.15) is 13.2 Å². The third-order valence-electron chi connectivity index (χ3n) is 4.66. The maximum Gasteiger partial charge on any atom is 0.406 e. The number of amides is 1. The highest BCUT2D eigenvalue weighted by atomic mass is 19.4. The van der Waals surface area contributed by atoms with E-state index < -0.39 is 42.0 Å². The molecule has 1 atom stereocenters. The molecule has 3 rings (SSSR count). The van der Waals surface area contributed by atoms with Gasteiger partial charge in [0, 0.05) is 25.9 Å². The smallest absolute Gasteiger partial charge is 0.406 e. The van der Waals surface area contributed by atoms with Crippen LogP contribution in [0.4, 0.5) is 13.2 Å². The lowest BCUT2D eigenvalue weighted by Crippen LogP contribution is -2.49. The zero-order chi connectivity index (χ0) is 17.6. The second kappa shape index (κ2) is 5.39. The molecule has 1 aliphatic carbocycles. The molecule has 5 nitrogen and oxygen atoms in total. The highest BCUT2D eigenvalue weighted by Crippen LogP contribution is 2.48. The molecule has 1 aromatic carbocycles. The van der Waals surface area contributed by atoms with Crippen LogP contribution in [0.2, 0.25) is 0 Å². The van der Waals surface area contributed by atoms with E-state index in [9.17, 15) is 22.8 Å². The van der Waals surface area contributed by atoms with Gasteiger partial charge in [0.15, 0.2) is 11.0 Å². The van der Waals surface area contributed by atoms with E-state index in [-0.39, 0.29) is 6.54 Å². The number of para-hydroxylation sites is 1. The van der Waals surface area contributed by atoms with E-state index in [0.29, 0.717) is 18.6 Å². The van der Waals surface area contributed by atoms with Crippen LogP contribution in [-0.4, -0.2) is 46.7 Å². The molecule has 1 N–H and O–H groups in total. The number of carbonyl (C=O) groups excluding carboxylic acids is 1. The summed E-state index contributed by atoms with van der Waals surface area (Å²) in [7, 11) is 0. The van der Waals surface area contributed by atoms with Crippen LogP contribution in [-0.2, 0) is 9.59 Å². The Hall–Kier alpha value is -2.25. The summed E-state index contributed by atoms with van der Waals surface area (Å²) in [4.78, 5) is 24.8. The van der Waals surface area contributed by atoms with Crippen LogP contribution in [0, 0.1) is 5.41 Å². The maximum absolute atomic E-state index is 13.2. The molecule has 1 saturated heterocycles. The van der Waals surface area contributed by atoms with Crippen LogP contribution in [0.15, 0.2) is 30.3 Å². The average Bonchev–Trinajstić information content (AvgIpc) is 3.13. The molecule has 0 aromatic heterocycles. The van der Waals surface area contributed by atoms with Crippen LogP contribution in [0.1, 0.15) is 19.3 Å². The first-order chi connectivity index (χ1) is 11.2. The van der Waals surface area contributed by atoms with Crippen molar-refractivity contribution in [3.63, 3.8) is 0 Å². The van der Waals surface area contributed by atoms with Gasteiger partial charge in [0.25, 0.3) is 5.91 Å². The fourth-order valence-corrected chi connectivity index (χ4v) is 2.99. The number of rotatable bonds is 4. The number of alkyl halides is 3. The second-order valence-corrected chi connectivity index (χ2v) is 6.27. The van der Waals surface area contributed by atoms with E-state index in [4.69, 9.17) is 9.84 Å². The Labute approximate surface area is 136 Å². The fourth-order valence-electron chi connectivity index (χ4n) is 2.99. The third-order valence-corrected chi connectivity index (χ3v) is 4.66. The summed E-state index contributed by atoms with van der Waals surface area (Å²) in [5.41, 5.74) is -4.06. The fraction of sp³-hybridized carbons (Fsp3) is 0.500. The van der Waals surface area contributed by atoms with Crippen molar-refractivity contribution in [1.29, 1.82) is 0 Å². The minimum absolute atomic E-state index is 0.245. The Kier molecular flexibility index (Phi) is 3.73. The summed E-state index contributed by atoms with van der Waals surface area (Å²) in [5.74, 6) is -2.05. The van der Waals surface area contributed by atoms with Crippen molar-refractivity contribution in [2.75, 3.05) is 13.1 Å². The van der Waals surface area contributed by atoms with E-state index in [2.05, 4.69) is 0 Å². The molecule has 8 heteroatoms. The SMILES string of the molecule is O=C(N1CCC(C(=O)O)(C(F)(F)F)C1)C1(Oc2ccccc2)CC1. The number of ether oxygens (including phenoxy) is 1.